The summed E-state index contributed by atoms with van der Waals surface area (Å²) in [4.78, 5) is 20.6. The number of nitrogens with one attached hydrogen (secondary N) is 2. The summed E-state index contributed by atoms with van der Waals surface area (Å²) in [5, 5.41) is 13.2. The van der Waals surface area contributed by atoms with E-state index in [9.17, 15) is 4.79 Å². The summed E-state index contributed by atoms with van der Waals surface area (Å²) in [6.07, 6.45) is 1.01. The summed E-state index contributed by atoms with van der Waals surface area (Å²) in [5.74, 6) is 0.702. The minimum atomic E-state index is -0.164. The lowest BCUT2D eigenvalue weighted by atomic mass is 10.1. The molecule has 32 heavy (non-hydrogen) atoms. The molecule has 5 rings (SSSR count). The normalized spacial score (nSPS) is 11.8. The fraction of sp³-hybridized carbons (Fsp3) is 0.208. The lowest BCUT2D eigenvalue weighted by Gasteiger charge is -2.12. The molecule has 162 valence electrons. The van der Waals surface area contributed by atoms with Gasteiger partial charge in [-0.15, -0.1) is 16.4 Å². The quantitative estimate of drug-likeness (QED) is 0.297. The van der Waals surface area contributed by atoms with Crippen molar-refractivity contribution >= 4 is 55.4 Å². The number of hydrogen-bond acceptors (Lipinski definition) is 5. The van der Waals surface area contributed by atoms with Gasteiger partial charge >= 0.3 is 0 Å². The molecule has 0 aliphatic carbocycles. The Morgan fingerprint density at radius 3 is 2.59 bits per heavy atom. The van der Waals surface area contributed by atoms with E-state index >= 15 is 0 Å². The highest BCUT2D eigenvalue weighted by atomic mass is 35.5. The van der Waals surface area contributed by atoms with Crippen LogP contribution in [-0.2, 0) is 0 Å². The van der Waals surface area contributed by atoms with Crippen LogP contribution in [-0.4, -0.2) is 41.8 Å². The van der Waals surface area contributed by atoms with Crippen molar-refractivity contribution < 1.29 is 4.90 Å². The second kappa shape index (κ2) is 8.50. The van der Waals surface area contributed by atoms with E-state index in [4.69, 9.17) is 21.7 Å². The molecule has 3 aromatic heterocycles. The fourth-order valence-electron chi connectivity index (χ4n) is 3.91. The van der Waals surface area contributed by atoms with Crippen molar-refractivity contribution in [1.29, 1.82) is 0 Å². The van der Waals surface area contributed by atoms with Gasteiger partial charge in [0.2, 0.25) is 0 Å². The molecular formula is C24H23ClN5OS+. The SMILES string of the molecule is C[NH+](C)CCCNc1nn2c(=O)c3c(-c4ccc(Cl)cc4)csc3nc2c2ccccc12. The maximum absolute atomic E-state index is 13.6. The molecule has 0 saturated carbocycles. The third kappa shape index (κ3) is 3.72. The monoisotopic (exact) mass is 464 g/mol. The van der Waals surface area contributed by atoms with Crippen molar-refractivity contribution in [2.24, 2.45) is 0 Å². The third-order valence-electron chi connectivity index (χ3n) is 5.51. The van der Waals surface area contributed by atoms with Gasteiger partial charge in [-0.1, -0.05) is 48.0 Å². The van der Waals surface area contributed by atoms with E-state index in [1.807, 2.05) is 53.9 Å². The number of nitrogens with zero attached hydrogens (tertiary/aromatic N) is 3. The average Bonchev–Trinajstić information content (AvgIpc) is 3.22. The van der Waals surface area contributed by atoms with Gasteiger partial charge in [0, 0.05) is 39.7 Å². The molecule has 5 aromatic rings. The molecule has 0 spiro atoms. The van der Waals surface area contributed by atoms with Crippen LogP contribution in [0.4, 0.5) is 5.82 Å². The highest BCUT2D eigenvalue weighted by molar-refractivity contribution is 7.17. The maximum Gasteiger partial charge on any atom is 0.283 e. The molecular weight excluding hydrogens is 442 g/mol. The maximum atomic E-state index is 13.6. The van der Waals surface area contributed by atoms with Crippen molar-refractivity contribution in [2.45, 2.75) is 6.42 Å². The van der Waals surface area contributed by atoms with Crippen LogP contribution in [0.2, 0.25) is 5.02 Å². The van der Waals surface area contributed by atoms with Crippen LogP contribution in [0.1, 0.15) is 6.42 Å². The zero-order chi connectivity index (χ0) is 22.2. The van der Waals surface area contributed by atoms with E-state index < -0.39 is 0 Å². The zero-order valence-electron chi connectivity index (χ0n) is 17.9. The second-order valence-corrected chi connectivity index (χ2v) is 9.41. The van der Waals surface area contributed by atoms with Gasteiger partial charge in [0.1, 0.15) is 4.83 Å². The molecule has 6 nitrogen and oxygen atoms in total. The molecule has 0 unspecified atom stereocenters. The van der Waals surface area contributed by atoms with Crippen LogP contribution in [0.5, 0.6) is 0 Å². The lowest BCUT2D eigenvalue weighted by Crippen LogP contribution is -3.05. The van der Waals surface area contributed by atoms with Crippen LogP contribution in [0.3, 0.4) is 0 Å². The van der Waals surface area contributed by atoms with Gasteiger partial charge in [-0.05, 0) is 17.7 Å². The Kier molecular flexibility index (Phi) is 5.55. The molecule has 0 amide bonds. The van der Waals surface area contributed by atoms with E-state index in [1.165, 1.54) is 20.8 Å². The summed E-state index contributed by atoms with van der Waals surface area (Å²) >= 11 is 7.52. The predicted molar refractivity (Wildman–Crippen MR) is 133 cm³/mol. The molecule has 0 saturated heterocycles. The van der Waals surface area contributed by atoms with Crippen LogP contribution >= 0.6 is 22.9 Å². The fourth-order valence-corrected chi connectivity index (χ4v) is 4.97. The van der Waals surface area contributed by atoms with Gasteiger partial charge < -0.3 is 10.2 Å². The molecule has 3 heterocycles. The summed E-state index contributed by atoms with van der Waals surface area (Å²) < 4.78 is 1.44. The number of anilines is 1. The van der Waals surface area contributed by atoms with Crippen molar-refractivity contribution in [2.75, 3.05) is 32.5 Å². The van der Waals surface area contributed by atoms with E-state index in [-0.39, 0.29) is 5.56 Å². The Balaban J connectivity index is 1.70. The molecule has 0 aliphatic heterocycles. The first-order valence-electron chi connectivity index (χ1n) is 10.5. The number of quaternary nitrogens is 1. The molecule has 0 radical (unpaired) electrons. The minimum absolute atomic E-state index is 0.164. The molecule has 0 bridgehead atoms. The Morgan fingerprint density at radius 2 is 1.84 bits per heavy atom. The van der Waals surface area contributed by atoms with Gasteiger partial charge in [0.15, 0.2) is 11.5 Å². The van der Waals surface area contributed by atoms with Crippen LogP contribution in [0, 0.1) is 0 Å². The van der Waals surface area contributed by atoms with Gasteiger partial charge in [-0.25, -0.2) is 4.98 Å². The highest BCUT2D eigenvalue weighted by Crippen LogP contribution is 2.33. The highest BCUT2D eigenvalue weighted by Gasteiger charge is 2.17. The summed E-state index contributed by atoms with van der Waals surface area (Å²) in [7, 11) is 4.28. The van der Waals surface area contributed by atoms with Crippen LogP contribution < -0.4 is 15.8 Å². The molecule has 0 fully saturated rings. The Hall–Kier alpha value is -3.00. The number of halogens is 1. The van der Waals surface area contributed by atoms with Crippen molar-refractivity contribution in [3.63, 3.8) is 0 Å². The Labute approximate surface area is 194 Å². The summed E-state index contributed by atoms with van der Waals surface area (Å²) in [6, 6.07) is 15.5. The minimum Gasteiger partial charge on any atom is -0.368 e. The average molecular weight is 465 g/mol. The van der Waals surface area contributed by atoms with Gasteiger partial charge in [-0.3, -0.25) is 4.79 Å². The lowest BCUT2D eigenvalue weighted by molar-refractivity contribution is -0.858. The Morgan fingerprint density at radius 1 is 1.09 bits per heavy atom. The largest absolute Gasteiger partial charge is 0.368 e. The standard InChI is InChI=1S/C24H22ClN5OS/c1-29(2)13-5-12-26-21-17-6-3-4-7-18(17)22-27-23-20(24(31)30(22)28-21)19(14-32-23)15-8-10-16(25)11-9-15/h3-4,6-11,14H,5,12-13H2,1-2H3,(H,26,28)/p+1. The van der Waals surface area contributed by atoms with E-state index in [2.05, 4.69) is 19.4 Å². The van der Waals surface area contributed by atoms with Crippen LogP contribution in [0.15, 0.2) is 58.7 Å². The molecule has 8 heteroatoms. The van der Waals surface area contributed by atoms with Gasteiger partial charge in [0.25, 0.3) is 5.56 Å². The van der Waals surface area contributed by atoms with Gasteiger partial charge in [0.05, 0.1) is 26.0 Å². The predicted octanol–water partition coefficient (Wildman–Crippen LogP) is 3.72. The van der Waals surface area contributed by atoms with Crippen LogP contribution in [0.25, 0.3) is 37.8 Å². The number of benzene rings is 2. The third-order valence-corrected chi connectivity index (χ3v) is 6.63. The van der Waals surface area contributed by atoms with E-state index in [0.717, 1.165) is 41.4 Å². The Bertz CT molecular complexity index is 1490. The zero-order valence-corrected chi connectivity index (χ0v) is 19.4. The number of hydrogen-bond donors (Lipinski definition) is 2. The van der Waals surface area contributed by atoms with Crippen molar-refractivity contribution in [3.8, 4) is 11.1 Å². The van der Waals surface area contributed by atoms with Crippen molar-refractivity contribution in [3.05, 3.63) is 69.3 Å². The van der Waals surface area contributed by atoms with Crippen molar-refractivity contribution in [1.82, 2.24) is 14.6 Å². The molecule has 0 aliphatic rings. The summed E-state index contributed by atoms with van der Waals surface area (Å²) in [6.45, 7) is 1.84. The first kappa shape index (κ1) is 20.9. The molecule has 0 atom stereocenters. The summed E-state index contributed by atoms with van der Waals surface area (Å²) in [5.41, 5.74) is 2.20. The van der Waals surface area contributed by atoms with Gasteiger partial charge in [-0.2, -0.15) is 4.52 Å². The van der Waals surface area contributed by atoms with E-state index in [0.29, 0.717) is 26.7 Å². The number of rotatable bonds is 6. The number of fused-ring (bicyclic) bond motifs is 4. The smallest absolute Gasteiger partial charge is 0.283 e. The number of aromatic nitrogens is 3. The topological polar surface area (TPSA) is 63.7 Å². The first-order chi connectivity index (χ1) is 15.5. The second-order valence-electron chi connectivity index (χ2n) is 8.12. The molecule has 2 N–H and O–H groups in total. The first-order valence-corrected chi connectivity index (χ1v) is 11.8. The molecule has 2 aromatic carbocycles. The number of thiophene rings is 1. The van der Waals surface area contributed by atoms with E-state index in [1.54, 1.807) is 0 Å².